The summed E-state index contributed by atoms with van der Waals surface area (Å²) in [6.07, 6.45) is 2.78. The van der Waals surface area contributed by atoms with Crippen LogP contribution in [0.5, 0.6) is 0 Å². The molecule has 0 saturated heterocycles. The fourth-order valence-electron chi connectivity index (χ4n) is 1.89. The molecule has 0 aliphatic carbocycles. The van der Waals surface area contributed by atoms with Gasteiger partial charge >= 0.3 is 5.97 Å². The Labute approximate surface area is 130 Å². The Hall–Kier alpha value is -1.59. The van der Waals surface area contributed by atoms with E-state index in [0.29, 0.717) is 0 Å². The van der Waals surface area contributed by atoms with E-state index in [1.165, 1.54) is 4.88 Å². The van der Waals surface area contributed by atoms with E-state index in [1.54, 1.807) is 17.4 Å². The molecule has 0 aliphatic heterocycles. The number of halogens is 1. The molecule has 0 amide bonds. The summed E-state index contributed by atoms with van der Waals surface area (Å²) in [6.45, 7) is 0.799. The number of carbonyl (C=O) groups is 1. The Kier molecular flexibility index (Phi) is 4.98. The van der Waals surface area contributed by atoms with Crippen LogP contribution in [0.1, 0.15) is 10.4 Å². The highest BCUT2D eigenvalue weighted by Gasteiger charge is 2.08. The lowest BCUT2D eigenvalue weighted by molar-refractivity contribution is -0.131. The van der Waals surface area contributed by atoms with E-state index in [4.69, 9.17) is 5.11 Å². The second kappa shape index (κ2) is 6.72. The van der Waals surface area contributed by atoms with Crippen LogP contribution in [0.4, 0.5) is 5.69 Å². The average Bonchev–Trinajstić information content (AvgIpc) is 2.89. The smallest absolute Gasteiger partial charge is 0.328 e. The summed E-state index contributed by atoms with van der Waals surface area (Å²) in [4.78, 5) is 14.1. The summed E-state index contributed by atoms with van der Waals surface area (Å²) in [5.41, 5.74) is 1.87. The molecule has 104 valence electrons. The molecular weight excluding hydrogens is 338 g/mol. The van der Waals surface area contributed by atoms with Gasteiger partial charge in [-0.25, -0.2) is 4.79 Å². The third-order valence-electron chi connectivity index (χ3n) is 2.78. The Balaban J connectivity index is 2.27. The third-order valence-corrected chi connectivity index (χ3v) is 4.13. The molecule has 0 unspecified atom stereocenters. The van der Waals surface area contributed by atoms with E-state index >= 15 is 0 Å². The molecule has 1 heterocycles. The van der Waals surface area contributed by atoms with E-state index in [1.807, 2.05) is 31.3 Å². The molecule has 0 bridgehead atoms. The number of thiophene rings is 1. The lowest BCUT2D eigenvalue weighted by atomic mass is 10.1. The molecule has 5 heteroatoms. The van der Waals surface area contributed by atoms with Crippen LogP contribution in [-0.4, -0.2) is 18.1 Å². The summed E-state index contributed by atoms with van der Waals surface area (Å²) in [5, 5.41) is 10.8. The van der Waals surface area contributed by atoms with Gasteiger partial charge in [-0.2, -0.15) is 0 Å². The zero-order chi connectivity index (χ0) is 14.5. The minimum atomic E-state index is -0.947. The zero-order valence-electron chi connectivity index (χ0n) is 10.9. The Morgan fingerprint density at radius 3 is 2.90 bits per heavy atom. The molecule has 0 fully saturated rings. The van der Waals surface area contributed by atoms with E-state index in [0.717, 1.165) is 28.3 Å². The Morgan fingerprint density at radius 1 is 1.45 bits per heavy atom. The van der Waals surface area contributed by atoms with Gasteiger partial charge in [0, 0.05) is 28.2 Å². The predicted molar refractivity (Wildman–Crippen MR) is 87.2 cm³/mol. The molecule has 0 radical (unpaired) electrons. The highest BCUT2D eigenvalue weighted by Crippen LogP contribution is 2.27. The number of carboxylic acids is 1. The van der Waals surface area contributed by atoms with Gasteiger partial charge in [-0.15, -0.1) is 11.3 Å². The molecule has 1 N–H and O–H groups in total. The number of hydrogen-bond donors (Lipinski definition) is 1. The van der Waals surface area contributed by atoms with Crippen molar-refractivity contribution in [3.63, 3.8) is 0 Å². The van der Waals surface area contributed by atoms with Crippen molar-refractivity contribution < 1.29 is 9.90 Å². The molecular formula is C15H14BrNO2S. The Bertz CT molecular complexity index is 623. The molecule has 0 saturated carbocycles. The first-order valence-electron chi connectivity index (χ1n) is 6.00. The maximum Gasteiger partial charge on any atom is 0.328 e. The molecule has 0 aliphatic rings. The van der Waals surface area contributed by atoms with Crippen LogP contribution in [-0.2, 0) is 11.3 Å². The van der Waals surface area contributed by atoms with Crippen molar-refractivity contribution in [2.24, 2.45) is 0 Å². The molecule has 2 aromatic rings. The highest BCUT2D eigenvalue weighted by atomic mass is 79.9. The Morgan fingerprint density at radius 2 is 2.25 bits per heavy atom. The van der Waals surface area contributed by atoms with Crippen molar-refractivity contribution in [3.05, 3.63) is 56.7 Å². The van der Waals surface area contributed by atoms with Gasteiger partial charge in [0.25, 0.3) is 0 Å². The molecule has 0 atom stereocenters. The maximum absolute atomic E-state index is 10.7. The van der Waals surface area contributed by atoms with Gasteiger partial charge in [0.05, 0.1) is 6.54 Å². The zero-order valence-corrected chi connectivity index (χ0v) is 13.3. The van der Waals surface area contributed by atoms with Crippen LogP contribution in [0, 0.1) is 0 Å². The number of benzene rings is 1. The van der Waals surface area contributed by atoms with E-state index in [2.05, 4.69) is 32.3 Å². The second-order valence-electron chi connectivity index (χ2n) is 4.31. The summed E-state index contributed by atoms with van der Waals surface area (Å²) in [5.74, 6) is -0.947. The lowest BCUT2D eigenvalue weighted by Gasteiger charge is -2.21. The van der Waals surface area contributed by atoms with Crippen LogP contribution in [0.25, 0.3) is 6.08 Å². The van der Waals surface area contributed by atoms with Crippen LogP contribution in [0.3, 0.4) is 0 Å². The van der Waals surface area contributed by atoms with Gasteiger partial charge in [-0.1, -0.05) is 22.0 Å². The second-order valence-corrected chi connectivity index (χ2v) is 6.26. The van der Waals surface area contributed by atoms with E-state index in [-0.39, 0.29) is 0 Å². The van der Waals surface area contributed by atoms with Crippen molar-refractivity contribution >= 4 is 45.0 Å². The number of nitrogens with zero attached hydrogens (tertiary/aromatic N) is 1. The van der Waals surface area contributed by atoms with Gasteiger partial charge in [-0.3, -0.25) is 0 Å². The molecule has 1 aromatic heterocycles. The highest BCUT2D eigenvalue weighted by molar-refractivity contribution is 9.10. The van der Waals surface area contributed by atoms with Gasteiger partial charge in [0.15, 0.2) is 0 Å². The van der Waals surface area contributed by atoms with Crippen molar-refractivity contribution in [1.82, 2.24) is 0 Å². The number of anilines is 1. The number of rotatable bonds is 5. The predicted octanol–water partition coefficient (Wildman–Crippen LogP) is 4.24. The first kappa shape index (κ1) is 14.8. The lowest BCUT2D eigenvalue weighted by Crippen LogP contribution is -2.16. The minimum absolute atomic E-state index is 0.799. The van der Waals surface area contributed by atoms with Gasteiger partial charge in [0.1, 0.15) is 0 Å². The van der Waals surface area contributed by atoms with Crippen LogP contribution in [0.15, 0.2) is 46.3 Å². The molecule has 3 nitrogen and oxygen atoms in total. The summed E-state index contributed by atoms with van der Waals surface area (Å²) in [7, 11) is 2.00. The molecule has 20 heavy (non-hydrogen) atoms. The monoisotopic (exact) mass is 351 g/mol. The van der Waals surface area contributed by atoms with Gasteiger partial charge < -0.3 is 10.0 Å². The SMILES string of the molecule is CN(Cc1cccs1)c1ccc(Br)cc1/C=C/C(=O)O. The summed E-state index contributed by atoms with van der Waals surface area (Å²) < 4.78 is 0.927. The topological polar surface area (TPSA) is 40.5 Å². The van der Waals surface area contributed by atoms with Crippen LogP contribution in [0.2, 0.25) is 0 Å². The standard InChI is InChI=1S/C15H14BrNO2S/c1-17(10-13-3-2-8-20-13)14-6-5-12(16)9-11(14)4-7-15(18)19/h2-9H,10H2,1H3,(H,18,19)/b7-4+. The first-order valence-corrected chi connectivity index (χ1v) is 7.67. The van der Waals surface area contributed by atoms with Crippen molar-refractivity contribution in [2.45, 2.75) is 6.54 Å². The normalized spacial score (nSPS) is 10.9. The molecule has 1 aromatic carbocycles. The van der Waals surface area contributed by atoms with E-state index < -0.39 is 5.97 Å². The largest absolute Gasteiger partial charge is 0.478 e. The average molecular weight is 352 g/mol. The van der Waals surface area contributed by atoms with Crippen molar-refractivity contribution in [2.75, 3.05) is 11.9 Å². The van der Waals surface area contributed by atoms with Crippen molar-refractivity contribution in [3.8, 4) is 0 Å². The summed E-state index contributed by atoms with van der Waals surface area (Å²) in [6, 6.07) is 9.98. The van der Waals surface area contributed by atoms with E-state index in [9.17, 15) is 4.79 Å². The quantitative estimate of drug-likeness (QED) is 0.818. The fourth-order valence-corrected chi connectivity index (χ4v) is 3.03. The third kappa shape index (κ3) is 3.95. The molecule has 2 rings (SSSR count). The number of aliphatic carboxylic acids is 1. The van der Waals surface area contributed by atoms with Gasteiger partial charge in [0.2, 0.25) is 0 Å². The van der Waals surface area contributed by atoms with Gasteiger partial charge in [-0.05, 0) is 41.3 Å². The van der Waals surface area contributed by atoms with Crippen LogP contribution >= 0.6 is 27.3 Å². The van der Waals surface area contributed by atoms with Crippen LogP contribution < -0.4 is 4.90 Å². The van der Waals surface area contributed by atoms with Crippen molar-refractivity contribution in [1.29, 1.82) is 0 Å². The number of hydrogen-bond acceptors (Lipinski definition) is 3. The minimum Gasteiger partial charge on any atom is -0.478 e. The molecule has 0 spiro atoms. The summed E-state index contributed by atoms with van der Waals surface area (Å²) >= 11 is 5.13. The number of carboxylic acid groups (broad SMARTS) is 1. The fraction of sp³-hybridized carbons (Fsp3) is 0.133. The maximum atomic E-state index is 10.7. The first-order chi connectivity index (χ1) is 9.56.